The molecule has 0 unspecified atom stereocenters. The van der Waals surface area contributed by atoms with Crippen LogP contribution < -0.4 is 0 Å². The summed E-state index contributed by atoms with van der Waals surface area (Å²) in [4.78, 5) is 10.8. The maximum Gasteiger partial charge on any atom is 0.230 e. The average Bonchev–Trinajstić information content (AvgIpc) is 3.24. The molecular weight excluding hydrogens is 362 g/mol. The molecule has 2 N–H and O–H groups in total. The van der Waals surface area contributed by atoms with Gasteiger partial charge in [-0.05, 0) is 5.56 Å². The van der Waals surface area contributed by atoms with Crippen LogP contribution in [0.2, 0.25) is 0 Å². The van der Waals surface area contributed by atoms with Crippen LogP contribution in [-0.2, 0) is 6.42 Å². The quantitative estimate of drug-likeness (QED) is 0.671. The number of aromatic nitrogens is 3. The second-order valence-corrected chi connectivity index (χ2v) is 7.79. The van der Waals surface area contributed by atoms with Gasteiger partial charge >= 0.3 is 0 Å². The number of hydrogen-bond donors (Lipinski definition) is 2. The maximum atomic E-state index is 10.9. The van der Waals surface area contributed by atoms with E-state index >= 15 is 0 Å². The van der Waals surface area contributed by atoms with Crippen LogP contribution >= 0.6 is 11.3 Å². The number of aromatic hydroxyl groups is 1. The number of aryl methyl sites for hydroxylation is 1. The minimum absolute atomic E-state index is 0.0268. The Bertz CT molecular complexity index is 886. The van der Waals surface area contributed by atoms with Crippen molar-refractivity contribution in [1.29, 1.82) is 0 Å². The molecular formula is C19H25N5O2S. The molecule has 144 valence electrons. The van der Waals surface area contributed by atoms with Crippen molar-refractivity contribution >= 4 is 16.3 Å². The zero-order valence-corrected chi connectivity index (χ0v) is 16.3. The summed E-state index contributed by atoms with van der Waals surface area (Å²) in [6.07, 6.45) is 0.748. The number of aliphatic hydroxyl groups is 1. The van der Waals surface area contributed by atoms with Gasteiger partial charge in [0.1, 0.15) is 0 Å². The van der Waals surface area contributed by atoms with Gasteiger partial charge in [0.2, 0.25) is 10.8 Å². The number of rotatable bonds is 6. The van der Waals surface area contributed by atoms with Crippen molar-refractivity contribution in [2.75, 3.05) is 39.3 Å². The van der Waals surface area contributed by atoms with Crippen LogP contribution in [0.15, 0.2) is 30.3 Å². The fraction of sp³-hybridized carbons (Fsp3) is 0.474. The topological polar surface area (TPSA) is 77.1 Å². The van der Waals surface area contributed by atoms with Crippen LogP contribution in [0.4, 0.5) is 0 Å². The second kappa shape index (κ2) is 7.93. The molecule has 0 radical (unpaired) electrons. The van der Waals surface area contributed by atoms with Crippen LogP contribution in [0.25, 0.3) is 4.96 Å². The lowest BCUT2D eigenvalue weighted by Gasteiger charge is -2.39. The predicted octanol–water partition coefficient (Wildman–Crippen LogP) is 1.76. The van der Waals surface area contributed by atoms with Gasteiger partial charge in [0.05, 0.1) is 17.5 Å². The van der Waals surface area contributed by atoms with E-state index in [0.29, 0.717) is 6.54 Å². The number of hydrogen-bond acceptors (Lipinski definition) is 7. The van der Waals surface area contributed by atoms with E-state index in [9.17, 15) is 10.2 Å². The van der Waals surface area contributed by atoms with E-state index in [1.807, 2.05) is 25.1 Å². The lowest BCUT2D eigenvalue weighted by Crippen LogP contribution is -2.48. The van der Waals surface area contributed by atoms with Gasteiger partial charge in [0.15, 0.2) is 5.82 Å². The van der Waals surface area contributed by atoms with Crippen molar-refractivity contribution in [3.05, 3.63) is 46.6 Å². The van der Waals surface area contributed by atoms with Gasteiger partial charge < -0.3 is 10.2 Å². The van der Waals surface area contributed by atoms with Gasteiger partial charge in [-0.15, -0.1) is 5.10 Å². The predicted molar refractivity (Wildman–Crippen MR) is 105 cm³/mol. The number of thiazole rings is 1. The minimum Gasteiger partial charge on any atom is -0.492 e. The van der Waals surface area contributed by atoms with Crippen molar-refractivity contribution in [2.45, 2.75) is 19.4 Å². The Morgan fingerprint density at radius 1 is 1.15 bits per heavy atom. The Morgan fingerprint density at radius 3 is 2.52 bits per heavy atom. The summed E-state index contributed by atoms with van der Waals surface area (Å²) >= 11 is 1.51. The highest BCUT2D eigenvalue weighted by molar-refractivity contribution is 7.17. The largest absolute Gasteiger partial charge is 0.492 e. The molecule has 0 saturated carbocycles. The molecule has 4 rings (SSSR count). The first-order chi connectivity index (χ1) is 13.2. The van der Waals surface area contributed by atoms with Crippen molar-refractivity contribution in [3.63, 3.8) is 0 Å². The summed E-state index contributed by atoms with van der Waals surface area (Å²) in [6, 6.07) is 10.3. The summed E-state index contributed by atoms with van der Waals surface area (Å²) in [5, 5.41) is 24.5. The molecule has 3 aromatic rings. The Balaban J connectivity index is 1.69. The highest BCUT2D eigenvalue weighted by atomic mass is 32.1. The smallest absolute Gasteiger partial charge is 0.230 e. The third kappa shape index (κ3) is 3.58. The fourth-order valence-corrected chi connectivity index (χ4v) is 4.80. The van der Waals surface area contributed by atoms with Crippen molar-refractivity contribution in [1.82, 2.24) is 24.4 Å². The molecule has 0 aliphatic carbocycles. The van der Waals surface area contributed by atoms with Crippen LogP contribution in [0, 0.1) is 0 Å². The Labute approximate surface area is 162 Å². The van der Waals surface area contributed by atoms with E-state index in [1.165, 1.54) is 11.3 Å². The molecule has 27 heavy (non-hydrogen) atoms. The standard InChI is InChI=1S/C19H25N5O2S/c1-2-15-20-19-24(21-15)18(26)17(27-19)16(14-6-4-3-5-7-14)23-10-8-22(9-11-23)12-13-25/h3-7,16,25-26H,2,8-13H2,1H3/t16-/m0/s1. The summed E-state index contributed by atoms with van der Waals surface area (Å²) in [5.74, 6) is 0.936. The van der Waals surface area contributed by atoms with Gasteiger partial charge in [-0.25, -0.2) is 4.98 Å². The summed E-state index contributed by atoms with van der Waals surface area (Å²) in [6.45, 7) is 6.49. The summed E-state index contributed by atoms with van der Waals surface area (Å²) < 4.78 is 1.57. The normalized spacial score (nSPS) is 17.6. The zero-order chi connectivity index (χ0) is 18.8. The third-order valence-electron chi connectivity index (χ3n) is 5.11. The highest BCUT2D eigenvalue weighted by Gasteiger charge is 2.31. The summed E-state index contributed by atoms with van der Waals surface area (Å²) in [7, 11) is 0. The van der Waals surface area contributed by atoms with Crippen molar-refractivity contribution < 1.29 is 10.2 Å². The van der Waals surface area contributed by atoms with Crippen LogP contribution in [0.5, 0.6) is 5.88 Å². The molecule has 1 aliphatic rings. The zero-order valence-electron chi connectivity index (χ0n) is 15.5. The maximum absolute atomic E-state index is 10.9. The van der Waals surface area contributed by atoms with Gasteiger partial charge in [0.25, 0.3) is 0 Å². The molecule has 1 fully saturated rings. The monoisotopic (exact) mass is 387 g/mol. The van der Waals surface area contributed by atoms with Crippen molar-refractivity contribution in [3.8, 4) is 5.88 Å². The van der Waals surface area contributed by atoms with Crippen molar-refractivity contribution in [2.24, 2.45) is 0 Å². The SMILES string of the molecule is CCc1nc2sc([C@H](c3ccccc3)N3CCN(CCO)CC3)c(O)n2n1. The van der Waals surface area contributed by atoms with E-state index in [4.69, 9.17) is 0 Å². The molecule has 1 saturated heterocycles. The molecule has 1 aromatic carbocycles. The van der Waals surface area contributed by atoms with E-state index in [1.54, 1.807) is 4.52 Å². The minimum atomic E-state index is -0.0268. The average molecular weight is 388 g/mol. The molecule has 1 atom stereocenters. The van der Waals surface area contributed by atoms with Crippen LogP contribution in [0.1, 0.15) is 29.2 Å². The second-order valence-electron chi connectivity index (χ2n) is 6.78. The number of benzene rings is 1. The molecule has 8 heteroatoms. The lowest BCUT2D eigenvalue weighted by molar-refractivity contribution is 0.0945. The van der Waals surface area contributed by atoms with Gasteiger partial charge in [-0.1, -0.05) is 48.6 Å². The Kier molecular flexibility index (Phi) is 5.40. The van der Waals surface area contributed by atoms with Crippen LogP contribution in [0.3, 0.4) is 0 Å². The lowest BCUT2D eigenvalue weighted by atomic mass is 10.0. The summed E-state index contributed by atoms with van der Waals surface area (Å²) in [5.41, 5.74) is 1.16. The first kappa shape index (κ1) is 18.4. The molecule has 1 aliphatic heterocycles. The first-order valence-corrected chi connectivity index (χ1v) is 10.2. The number of fused-ring (bicyclic) bond motifs is 1. The molecule has 3 heterocycles. The van der Waals surface area contributed by atoms with E-state index in [0.717, 1.165) is 53.8 Å². The Morgan fingerprint density at radius 2 is 1.89 bits per heavy atom. The van der Waals surface area contributed by atoms with Gasteiger partial charge in [0, 0.05) is 39.1 Å². The number of aliphatic hydroxyl groups excluding tert-OH is 1. The molecule has 0 spiro atoms. The highest BCUT2D eigenvalue weighted by Crippen LogP contribution is 2.40. The van der Waals surface area contributed by atoms with E-state index < -0.39 is 0 Å². The number of piperazine rings is 1. The Hall–Kier alpha value is -2.00. The van der Waals surface area contributed by atoms with E-state index in [-0.39, 0.29) is 18.5 Å². The van der Waals surface area contributed by atoms with Gasteiger partial charge in [-0.2, -0.15) is 4.52 Å². The molecule has 7 nitrogen and oxygen atoms in total. The van der Waals surface area contributed by atoms with E-state index in [2.05, 4.69) is 32.0 Å². The number of nitrogens with zero attached hydrogens (tertiary/aromatic N) is 5. The molecule has 0 amide bonds. The van der Waals surface area contributed by atoms with Gasteiger partial charge in [-0.3, -0.25) is 9.80 Å². The molecule has 0 bridgehead atoms. The first-order valence-electron chi connectivity index (χ1n) is 9.40. The molecule has 2 aromatic heterocycles. The third-order valence-corrected chi connectivity index (χ3v) is 6.18. The van der Waals surface area contributed by atoms with Crippen LogP contribution in [-0.4, -0.2) is 73.9 Å². The number of β-amino-alcohol motifs (C(OH)–C–C–N with tert-alkyl or cyclic N) is 1. The fourth-order valence-electron chi connectivity index (χ4n) is 3.67.